The normalized spacial score (nSPS) is 19.4. The van der Waals surface area contributed by atoms with E-state index >= 15 is 0 Å². The highest BCUT2D eigenvalue weighted by Gasteiger charge is 2.36. The first kappa shape index (κ1) is 24.0. The average Bonchev–Trinajstić information content (AvgIpc) is 3.23. The minimum Gasteiger partial charge on any atom is -0.353 e. The molecule has 0 bridgehead atoms. The van der Waals surface area contributed by atoms with E-state index in [2.05, 4.69) is 35.4 Å². The zero-order chi connectivity index (χ0) is 24.1. The lowest BCUT2D eigenvalue weighted by atomic mass is 10.0. The van der Waals surface area contributed by atoms with Crippen LogP contribution in [-0.2, 0) is 14.4 Å². The summed E-state index contributed by atoms with van der Waals surface area (Å²) in [5.41, 5.74) is 2.85. The van der Waals surface area contributed by atoms with E-state index in [0.29, 0.717) is 19.0 Å². The minimum absolute atomic E-state index is 0.000281. The van der Waals surface area contributed by atoms with E-state index in [1.807, 2.05) is 48.5 Å². The number of para-hydroxylation sites is 1. The number of hydrogen-bond acceptors (Lipinski definition) is 4. The molecule has 1 unspecified atom stereocenters. The zero-order valence-corrected chi connectivity index (χ0v) is 20.0. The molecule has 2 aromatic rings. The number of rotatable bonds is 7. The summed E-state index contributed by atoms with van der Waals surface area (Å²) < 4.78 is 0. The van der Waals surface area contributed by atoms with Gasteiger partial charge >= 0.3 is 0 Å². The highest BCUT2D eigenvalue weighted by Crippen LogP contribution is 2.28. The van der Waals surface area contributed by atoms with E-state index in [1.165, 1.54) is 5.56 Å². The van der Waals surface area contributed by atoms with E-state index in [1.54, 1.807) is 4.90 Å². The zero-order valence-electron chi connectivity index (χ0n) is 20.0. The molecule has 180 valence electrons. The number of amides is 3. The summed E-state index contributed by atoms with van der Waals surface area (Å²) in [6, 6.07) is 17.5. The highest BCUT2D eigenvalue weighted by atomic mass is 16.2. The average molecular weight is 463 g/mol. The lowest BCUT2D eigenvalue weighted by molar-refractivity contribution is -0.127. The summed E-state index contributed by atoms with van der Waals surface area (Å²) in [6.07, 6.45) is 1.84. The van der Waals surface area contributed by atoms with Gasteiger partial charge in [-0.05, 0) is 48.6 Å². The molecule has 0 aromatic heterocycles. The van der Waals surface area contributed by atoms with Gasteiger partial charge in [0.15, 0.2) is 0 Å². The Balaban J connectivity index is 1.23. The van der Waals surface area contributed by atoms with Crippen molar-refractivity contribution < 1.29 is 14.4 Å². The van der Waals surface area contributed by atoms with Crippen LogP contribution in [0.3, 0.4) is 0 Å². The number of piperidine rings is 1. The molecule has 1 atom stereocenters. The van der Waals surface area contributed by atoms with Gasteiger partial charge in [0.2, 0.25) is 17.7 Å². The molecule has 0 aliphatic carbocycles. The van der Waals surface area contributed by atoms with Gasteiger partial charge < -0.3 is 15.5 Å². The van der Waals surface area contributed by atoms with Gasteiger partial charge in [-0.15, -0.1) is 0 Å². The van der Waals surface area contributed by atoms with Crippen molar-refractivity contribution in [1.29, 1.82) is 0 Å². The lowest BCUT2D eigenvalue weighted by Crippen LogP contribution is -2.48. The maximum absolute atomic E-state index is 12.9. The third-order valence-electron chi connectivity index (χ3n) is 6.70. The topological polar surface area (TPSA) is 81.8 Å². The van der Waals surface area contributed by atoms with Gasteiger partial charge in [-0.3, -0.25) is 19.3 Å². The Labute approximate surface area is 201 Å². The van der Waals surface area contributed by atoms with Crippen LogP contribution in [0.25, 0.3) is 0 Å². The van der Waals surface area contributed by atoms with Crippen LogP contribution in [0.2, 0.25) is 0 Å². The fraction of sp³-hybridized carbons (Fsp3) is 0.444. The third kappa shape index (κ3) is 6.03. The molecule has 7 heteroatoms. The first-order valence-electron chi connectivity index (χ1n) is 12.2. The molecule has 2 aliphatic heterocycles. The molecule has 2 fully saturated rings. The summed E-state index contributed by atoms with van der Waals surface area (Å²) in [5, 5.41) is 6.07. The fourth-order valence-corrected chi connectivity index (χ4v) is 4.66. The van der Waals surface area contributed by atoms with E-state index in [9.17, 15) is 14.4 Å². The molecule has 2 aromatic carbocycles. The number of anilines is 2. The first-order valence-corrected chi connectivity index (χ1v) is 12.2. The van der Waals surface area contributed by atoms with E-state index in [0.717, 1.165) is 37.3 Å². The molecular weight excluding hydrogens is 428 g/mol. The standard InChI is InChI=1S/C27H34N4O3/c1-19(2)20-7-6-10-24(15-20)31-17-21(16-26(31)33)27(34)29-23-11-13-30(14-12-23)18-25(32)28-22-8-4-3-5-9-22/h3-10,15,19,21,23H,11-14,16-18H2,1-2H3,(H,28,32)(H,29,34). The molecule has 7 nitrogen and oxygen atoms in total. The molecule has 0 radical (unpaired) electrons. The predicted molar refractivity (Wildman–Crippen MR) is 134 cm³/mol. The molecule has 34 heavy (non-hydrogen) atoms. The van der Waals surface area contributed by atoms with Gasteiger partial charge in [-0.25, -0.2) is 0 Å². The van der Waals surface area contributed by atoms with Crippen LogP contribution in [0.1, 0.15) is 44.6 Å². The molecule has 2 heterocycles. The number of carbonyl (C=O) groups is 3. The number of nitrogens with zero attached hydrogens (tertiary/aromatic N) is 2. The Hall–Kier alpha value is -3.19. The summed E-state index contributed by atoms with van der Waals surface area (Å²) in [4.78, 5) is 41.7. The summed E-state index contributed by atoms with van der Waals surface area (Å²) in [7, 11) is 0. The Morgan fingerprint density at radius 3 is 2.47 bits per heavy atom. The number of carbonyl (C=O) groups excluding carboxylic acids is 3. The quantitative estimate of drug-likeness (QED) is 0.661. The van der Waals surface area contributed by atoms with Crippen LogP contribution >= 0.6 is 0 Å². The van der Waals surface area contributed by atoms with Crippen molar-refractivity contribution >= 4 is 29.1 Å². The second-order valence-electron chi connectivity index (χ2n) is 9.63. The molecule has 2 aliphatic rings. The van der Waals surface area contributed by atoms with Crippen LogP contribution in [0.5, 0.6) is 0 Å². The van der Waals surface area contributed by atoms with Gasteiger partial charge in [-0.2, -0.15) is 0 Å². The Bertz CT molecular complexity index is 1020. The van der Waals surface area contributed by atoms with Gasteiger partial charge in [-0.1, -0.05) is 44.2 Å². The molecule has 2 saturated heterocycles. The van der Waals surface area contributed by atoms with Gasteiger partial charge in [0.25, 0.3) is 0 Å². The van der Waals surface area contributed by atoms with Crippen molar-refractivity contribution in [3.05, 3.63) is 60.2 Å². The summed E-state index contributed by atoms with van der Waals surface area (Å²) in [5.74, 6) is -0.0202. The molecular formula is C27H34N4O3. The van der Waals surface area contributed by atoms with Crippen LogP contribution in [0, 0.1) is 5.92 Å². The Morgan fingerprint density at radius 2 is 1.76 bits per heavy atom. The predicted octanol–water partition coefficient (Wildman–Crippen LogP) is 3.38. The Kier molecular flexibility index (Phi) is 7.63. The maximum atomic E-state index is 12.9. The van der Waals surface area contributed by atoms with Crippen molar-refractivity contribution in [2.75, 3.05) is 36.4 Å². The fourth-order valence-electron chi connectivity index (χ4n) is 4.66. The van der Waals surface area contributed by atoms with Crippen molar-refractivity contribution in [3.8, 4) is 0 Å². The SMILES string of the molecule is CC(C)c1cccc(N2CC(C(=O)NC3CCN(CC(=O)Nc4ccccc4)CC3)CC2=O)c1. The van der Waals surface area contributed by atoms with Crippen LogP contribution in [0.4, 0.5) is 11.4 Å². The second kappa shape index (κ2) is 10.8. The van der Waals surface area contributed by atoms with Gasteiger partial charge in [0.05, 0.1) is 12.5 Å². The third-order valence-corrected chi connectivity index (χ3v) is 6.70. The van der Waals surface area contributed by atoms with Crippen molar-refractivity contribution in [1.82, 2.24) is 10.2 Å². The molecule has 4 rings (SSSR count). The first-order chi connectivity index (χ1) is 16.4. The van der Waals surface area contributed by atoms with Crippen LogP contribution in [-0.4, -0.2) is 54.8 Å². The molecule has 3 amide bonds. The van der Waals surface area contributed by atoms with Crippen molar-refractivity contribution in [3.63, 3.8) is 0 Å². The monoisotopic (exact) mass is 462 g/mol. The largest absolute Gasteiger partial charge is 0.353 e. The highest BCUT2D eigenvalue weighted by molar-refractivity contribution is 6.00. The van der Waals surface area contributed by atoms with Crippen molar-refractivity contribution in [2.24, 2.45) is 5.92 Å². The van der Waals surface area contributed by atoms with Crippen LogP contribution in [0.15, 0.2) is 54.6 Å². The Morgan fingerprint density at radius 1 is 1.03 bits per heavy atom. The van der Waals surface area contributed by atoms with Crippen LogP contribution < -0.4 is 15.5 Å². The van der Waals surface area contributed by atoms with E-state index in [4.69, 9.17) is 0 Å². The van der Waals surface area contributed by atoms with Gasteiger partial charge in [0, 0.05) is 43.5 Å². The number of likely N-dealkylation sites (tertiary alicyclic amines) is 1. The van der Waals surface area contributed by atoms with E-state index < -0.39 is 0 Å². The molecule has 2 N–H and O–H groups in total. The number of hydrogen-bond donors (Lipinski definition) is 2. The molecule has 0 spiro atoms. The molecule has 0 saturated carbocycles. The lowest BCUT2D eigenvalue weighted by Gasteiger charge is -2.32. The second-order valence-corrected chi connectivity index (χ2v) is 9.63. The van der Waals surface area contributed by atoms with E-state index in [-0.39, 0.29) is 36.1 Å². The number of benzene rings is 2. The smallest absolute Gasteiger partial charge is 0.238 e. The maximum Gasteiger partial charge on any atom is 0.238 e. The summed E-state index contributed by atoms with van der Waals surface area (Å²) in [6.45, 7) is 6.53. The summed E-state index contributed by atoms with van der Waals surface area (Å²) >= 11 is 0. The minimum atomic E-state index is -0.329. The van der Waals surface area contributed by atoms with Crippen molar-refractivity contribution in [2.45, 2.75) is 45.1 Å². The van der Waals surface area contributed by atoms with Gasteiger partial charge in [0.1, 0.15) is 0 Å². The number of nitrogens with one attached hydrogen (secondary N) is 2.